The minimum atomic E-state index is -3.58. The van der Waals surface area contributed by atoms with Gasteiger partial charge in [-0.15, -0.1) is 0 Å². The molecule has 2 aromatic heterocycles. The van der Waals surface area contributed by atoms with Crippen molar-refractivity contribution in [1.82, 2.24) is 19.5 Å². The number of pyridine rings is 1. The maximum atomic E-state index is 12.7. The first kappa shape index (κ1) is 15.2. The molecule has 3 rings (SSSR count). The summed E-state index contributed by atoms with van der Waals surface area (Å²) in [5.41, 5.74) is 3.70. The Kier molecular flexibility index (Phi) is 4.01. The van der Waals surface area contributed by atoms with E-state index in [0.29, 0.717) is 5.03 Å². The summed E-state index contributed by atoms with van der Waals surface area (Å²) >= 11 is 0. The Bertz CT molecular complexity index is 796. The van der Waals surface area contributed by atoms with Crippen LogP contribution in [0.2, 0.25) is 0 Å². The van der Waals surface area contributed by atoms with E-state index >= 15 is 0 Å². The smallest absolute Gasteiger partial charge is 0.258 e. The van der Waals surface area contributed by atoms with Gasteiger partial charge in [-0.1, -0.05) is 0 Å². The Balaban J connectivity index is 1.88. The normalized spacial score (nSPS) is 14.8. The number of sulfonamides is 1. The second kappa shape index (κ2) is 5.81. The van der Waals surface area contributed by atoms with Gasteiger partial charge in [0.15, 0.2) is 5.03 Å². The van der Waals surface area contributed by atoms with Crippen molar-refractivity contribution in [3.63, 3.8) is 0 Å². The number of aromatic nitrogens is 3. The van der Waals surface area contributed by atoms with E-state index in [1.54, 1.807) is 19.4 Å². The summed E-state index contributed by atoms with van der Waals surface area (Å²) < 4.78 is 29.5. The summed E-state index contributed by atoms with van der Waals surface area (Å²) in [6.07, 6.45) is 7.13. The van der Waals surface area contributed by atoms with Gasteiger partial charge in [0.2, 0.25) is 0 Å². The molecule has 0 bridgehead atoms. The lowest BCUT2D eigenvalue weighted by atomic mass is 9.99. The Labute approximate surface area is 130 Å². The molecule has 0 fully saturated rings. The lowest BCUT2D eigenvalue weighted by Crippen LogP contribution is -2.27. The molecule has 0 saturated heterocycles. The molecule has 118 valence electrons. The average Bonchev–Trinajstić information content (AvgIpc) is 2.83. The predicted molar refractivity (Wildman–Crippen MR) is 82.8 cm³/mol. The fourth-order valence-electron chi connectivity index (χ4n) is 2.91. The molecule has 7 heteroatoms. The first-order chi connectivity index (χ1) is 10.5. The third-order valence-corrected chi connectivity index (χ3v) is 5.66. The van der Waals surface area contributed by atoms with Crippen molar-refractivity contribution < 1.29 is 8.42 Å². The molecule has 0 spiro atoms. The molecule has 1 aliphatic rings. The van der Waals surface area contributed by atoms with Crippen LogP contribution in [0, 0.1) is 6.92 Å². The number of hydrogen-bond donors (Lipinski definition) is 1. The van der Waals surface area contributed by atoms with Crippen LogP contribution < -0.4 is 4.72 Å². The van der Waals surface area contributed by atoms with E-state index in [0.717, 1.165) is 48.1 Å². The van der Waals surface area contributed by atoms with Crippen molar-refractivity contribution in [2.75, 3.05) is 0 Å². The molecule has 2 heterocycles. The quantitative estimate of drug-likeness (QED) is 0.926. The van der Waals surface area contributed by atoms with Gasteiger partial charge in [0, 0.05) is 31.5 Å². The second-order valence-electron chi connectivity index (χ2n) is 5.69. The highest BCUT2D eigenvalue weighted by Crippen LogP contribution is 2.26. The largest absolute Gasteiger partial charge is 0.264 e. The van der Waals surface area contributed by atoms with Crippen molar-refractivity contribution in [1.29, 1.82) is 0 Å². The Hall–Kier alpha value is -1.73. The molecule has 1 aliphatic carbocycles. The number of nitrogens with one attached hydrogen (secondary N) is 1. The molecule has 1 N–H and O–H groups in total. The zero-order chi connectivity index (χ0) is 15.7. The molecule has 0 amide bonds. The van der Waals surface area contributed by atoms with Crippen LogP contribution in [0.5, 0.6) is 0 Å². The van der Waals surface area contributed by atoms with E-state index in [4.69, 9.17) is 0 Å². The van der Waals surface area contributed by atoms with Crippen molar-refractivity contribution in [3.05, 3.63) is 40.8 Å². The first-order valence-electron chi connectivity index (χ1n) is 7.43. The molecular formula is C15H20N4O2S. The molecule has 0 aromatic carbocycles. The van der Waals surface area contributed by atoms with E-state index in [2.05, 4.69) is 14.8 Å². The first-order valence-corrected chi connectivity index (χ1v) is 8.91. The highest BCUT2D eigenvalue weighted by Gasteiger charge is 2.28. The SMILES string of the molecule is Cc1ccncc1CNS(=O)(=O)c1c2c(nn1C)CCCC2. The van der Waals surface area contributed by atoms with Crippen LogP contribution in [-0.4, -0.2) is 23.2 Å². The van der Waals surface area contributed by atoms with E-state index in [-0.39, 0.29) is 6.54 Å². The van der Waals surface area contributed by atoms with Crippen LogP contribution >= 0.6 is 0 Å². The van der Waals surface area contributed by atoms with Crippen LogP contribution in [0.1, 0.15) is 35.2 Å². The topological polar surface area (TPSA) is 76.9 Å². The highest BCUT2D eigenvalue weighted by molar-refractivity contribution is 7.89. The molecule has 0 saturated carbocycles. The number of nitrogens with zero attached hydrogens (tertiary/aromatic N) is 3. The molecule has 2 aromatic rings. The summed E-state index contributed by atoms with van der Waals surface area (Å²) in [5.74, 6) is 0. The lowest BCUT2D eigenvalue weighted by molar-refractivity contribution is 0.560. The van der Waals surface area contributed by atoms with Crippen molar-refractivity contribution in [3.8, 4) is 0 Å². The maximum Gasteiger partial charge on any atom is 0.258 e. The van der Waals surface area contributed by atoms with Gasteiger partial charge >= 0.3 is 0 Å². The van der Waals surface area contributed by atoms with Crippen LogP contribution in [0.4, 0.5) is 0 Å². The molecule has 0 atom stereocenters. The second-order valence-corrected chi connectivity index (χ2v) is 7.37. The van der Waals surface area contributed by atoms with Crippen LogP contribution in [0.25, 0.3) is 0 Å². The van der Waals surface area contributed by atoms with E-state index < -0.39 is 10.0 Å². The standard InChI is InChI=1S/C15H20N4O2S/c1-11-7-8-16-9-12(11)10-17-22(20,21)15-13-5-3-4-6-14(13)18-19(15)2/h7-9,17H,3-6,10H2,1-2H3. The minimum absolute atomic E-state index is 0.238. The summed E-state index contributed by atoms with van der Waals surface area (Å²) in [5, 5.41) is 4.68. The fourth-order valence-corrected chi connectivity index (χ4v) is 4.33. The Morgan fingerprint density at radius 2 is 2.09 bits per heavy atom. The zero-order valence-corrected chi connectivity index (χ0v) is 13.7. The van der Waals surface area contributed by atoms with Crippen LogP contribution in [0.3, 0.4) is 0 Å². The van der Waals surface area contributed by atoms with Gasteiger partial charge in [-0.2, -0.15) is 5.10 Å². The summed E-state index contributed by atoms with van der Waals surface area (Å²) in [6.45, 7) is 2.18. The van der Waals surface area contributed by atoms with Gasteiger partial charge in [-0.25, -0.2) is 13.1 Å². The van der Waals surface area contributed by atoms with Gasteiger partial charge < -0.3 is 0 Å². The van der Waals surface area contributed by atoms with Crippen molar-refractivity contribution in [2.24, 2.45) is 7.05 Å². The molecule has 0 unspecified atom stereocenters. The van der Waals surface area contributed by atoms with E-state index in [1.165, 1.54) is 4.68 Å². The summed E-state index contributed by atoms with van der Waals surface area (Å²) in [6, 6.07) is 1.87. The van der Waals surface area contributed by atoms with Gasteiger partial charge in [0.1, 0.15) is 0 Å². The maximum absolute atomic E-state index is 12.7. The summed E-state index contributed by atoms with van der Waals surface area (Å²) in [7, 11) is -1.88. The fraction of sp³-hybridized carbons (Fsp3) is 0.467. The van der Waals surface area contributed by atoms with Gasteiger partial charge in [0.25, 0.3) is 10.0 Å². The van der Waals surface area contributed by atoms with Gasteiger partial charge in [-0.3, -0.25) is 9.67 Å². The number of hydrogen-bond acceptors (Lipinski definition) is 4. The van der Waals surface area contributed by atoms with Gasteiger partial charge in [0.05, 0.1) is 5.69 Å². The van der Waals surface area contributed by atoms with Crippen LogP contribution in [-0.2, 0) is 36.5 Å². The zero-order valence-electron chi connectivity index (χ0n) is 12.8. The minimum Gasteiger partial charge on any atom is -0.264 e. The third kappa shape index (κ3) is 2.78. The molecule has 22 heavy (non-hydrogen) atoms. The number of fused-ring (bicyclic) bond motifs is 1. The van der Waals surface area contributed by atoms with E-state index in [1.807, 2.05) is 13.0 Å². The number of rotatable bonds is 4. The van der Waals surface area contributed by atoms with Gasteiger partial charge in [-0.05, 0) is 49.8 Å². The Morgan fingerprint density at radius 1 is 1.32 bits per heavy atom. The predicted octanol–water partition coefficient (Wildman–Crippen LogP) is 1.48. The van der Waals surface area contributed by atoms with Crippen molar-refractivity contribution in [2.45, 2.75) is 44.2 Å². The number of aryl methyl sites for hydroxylation is 3. The third-order valence-electron chi connectivity index (χ3n) is 4.12. The highest BCUT2D eigenvalue weighted by atomic mass is 32.2. The summed E-state index contributed by atoms with van der Waals surface area (Å²) in [4.78, 5) is 4.04. The Morgan fingerprint density at radius 3 is 2.86 bits per heavy atom. The molecule has 0 radical (unpaired) electrons. The molecule has 0 aliphatic heterocycles. The monoisotopic (exact) mass is 320 g/mol. The van der Waals surface area contributed by atoms with E-state index in [9.17, 15) is 8.42 Å². The van der Waals surface area contributed by atoms with Crippen LogP contribution in [0.15, 0.2) is 23.5 Å². The van der Waals surface area contributed by atoms with Crippen molar-refractivity contribution >= 4 is 10.0 Å². The molecule has 6 nitrogen and oxygen atoms in total. The lowest BCUT2D eigenvalue weighted by Gasteiger charge is -2.13. The average molecular weight is 320 g/mol. The molecular weight excluding hydrogens is 300 g/mol.